The number of nitriles is 1. The van der Waals surface area contributed by atoms with Gasteiger partial charge in [0.25, 0.3) is 0 Å². The molecule has 5 heteroatoms. The van der Waals surface area contributed by atoms with E-state index in [9.17, 15) is 9.65 Å². The molecule has 0 aromatic heterocycles. The van der Waals surface area contributed by atoms with Crippen molar-refractivity contribution in [1.29, 1.82) is 5.26 Å². The topological polar surface area (TPSA) is 65.3 Å². The molecular formula is C15H13FN2O2. The van der Waals surface area contributed by atoms with Crippen LogP contribution in [0.2, 0.25) is 0 Å². The molecule has 0 bridgehead atoms. The zero-order valence-corrected chi connectivity index (χ0v) is 10.8. The SMILES string of the molecule is COc1ccc(NC(C#N)c2ccc(O)c(F)c2)cc1. The molecule has 20 heavy (non-hydrogen) atoms. The van der Waals surface area contributed by atoms with E-state index in [2.05, 4.69) is 11.4 Å². The number of methoxy groups -OCH3 is 1. The Labute approximate surface area is 116 Å². The van der Waals surface area contributed by atoms with Crippen LogP contribution < -0.4 is 10.1 Å². The van der Waals surface area contributed by atoms with Crippen LogP contribution in [-0.2, 0) is 0 Å². The molecule has 0 aliphatic heterocycles. The molecule has 2 N–H and O–H groups in total. The van der Waals surface area contributed by atoms with E-state index in [1.807, 2.05) is 0 Å². The molecule has 0 amide bonds. The third-order valence-electron chi connectivity index (χ3n) is 2.84. The first kappa shape index (κ1) is 13.7. The van der Waals surface area contributed by atoms with Gasteiger partial charge in [-0.05, 0) is 42.0 Å². The highest BCUT2D eigenvalue weighted by Crippen LogP contribution is 2.24. The van der Waals surface area contributed by atoms with Gasteiger partial charge in [-0.2, -0.15) is 5.26 Å². The summed E-state index contributed by atoms with van der Waals surface area (Å²) in [5, 5.41) is 21.3. The number of nitrogens with zero attached hydrogens (tertiary/aromatic N) is 1. The van der Waals surface area contributed by atoms with Crippen molar-refractivity contribution in [1.82, 2.24) is 0 Å². The quantitative estimate of drug-likeness (QED) is 0.897. The summed E-state index contributed by atoms with van der Waals surface area (Å²) >= 11 is 0. The van der Waals surface area contributed by atoms with Gasteiger partial charge < -0.3 is 15.2 Å². The molecule has 0 saturated carbocycles. The van der Waals surface area contributed by atoms with E-state index in [1.165, 1.54) is 12.1 Å². The van der Waals surface area contributed by atoms with E-state index in [0.29, 0.717) is 17.0 Å². The molecular weight excluding hydrogens is 259 g/mol. The molecule has 0 radical (unpaired) electrons. The van der Waals surface area contributed by atoms with Crippen LogP contribution in [0.25, 0.3) is 0 Å². The van der Waals surface area contributed by atoms with E-state index in [-0.39, 0.29) is 0 Å². The first-order valence-electron chi connectivity index (χ1n) is 5.92. The predicted molar refractivity (Wildman–Crippen MR) is 73.0 cm³/mol. The van der Waals surface area contributed by atoms with Gasteiger partial charge in [0, 0.05) is 5.69 Å². The van der Waals surface area contributed by atoms with Crippen LogP contribution >= 0.6 is 0 Å². The van der Waals surface area contributed by atoms with Crippen LogP contribution in [0.4, 0.5) is 10.1 Å². The maximum Gasteiger partial charge on any atom is 0.165 e. The normalized spacial score (nSPS) is 11.4. The van der Waals surface area contributed by atoms with E-state index in [4.69, 9.17) is 9.84 Å². The molecule has 4 nitrogen and oxygen atoms in total. The fourth-order valence-corrected chi connectivity index (χ4v) is 1.75. The summed E-state index contributed by atoms with van der Waals surface area (Å²) in [5.74, 6) is -0.478. The number of phenolic OH excluding ortho intramolecular Hbond substituents is 1. The van der Waals surface area contributed by atoms with Crippen LogP contribution in [-0.4, -0.2) is 12.2 Å². The maximum absolute atomic E-state index is 13.3. The summed E-state index contributed by atoms with van der Waals surface area (Å²) in [6, 6.07) is 12.3. The number of nitrogens with one attached hydrogen (secondary N) is 1. The van der Waals surface area contributed by atoms with Crippen LogP contribution in [0.5, 0.6) is 11.5 Å². The van der Waals surface area contributed by atoms with Crippen LogP contribution in [0.1, 0.15) is 11.6 Å². The van der Waals surface area contributed by atoms with Gasteiger partial charge in [-0.1, -0.05) is 6.07 Å². The third kappa shape index (κ3) is 2.98. The number of hydrogen-bond acceptors (Lipinski definition) is 4. The minimum Gasteiger partial charge on any atom is -0.505 e. The van der Waals surface area contributed by atoms with Gasteiger partial charge >= 0.3 is 0 Å². The number of rotatable bonds is 4. The monoisotopic (exact) mass is 272 g/mol. The van der Waals surface area contributed by atoms with Crippen molar-refractivity contribution in [3.05, 3.63) is 53.8 Å². The van der Waals surface area contributed by atoms with Crippen molar-refractivity contribution in [3.63, 3.8) is 0 Å². The molecule has 1 atom stereocenters. The van der Waals surface area contributed by atoms with Crippen molar-refractivity contribution >= 4 is 5.69 Å². The summed E-state index contributed by atoms with van der Waals surface area (Å²) in [7, 11) is 1.57. The molecule has 2 aromatic carbocycles. The summed E-state index contributed by atoms with van der Waals surface area (Å²) in [6.07, 6.45) is 0. The second kappa shape index (κ2) is 5.93. The lowest BCUT2D eigenvalue weighted by atomic mass is 10.1. The van der Waals surface area contributed by atoms with Gasteiger partial charge in [-0.15, -0.1) is 0 Å². The lowest BCUT2D eigenvalue weighted by molar-refractivity contribution is 0.415. The van der Waals surface area contributed by atoms with Crippen molar-refractivity contribution in [2.24, 2.45) is 0 Å². The Morgan fingerprint density at radius 2 is 1.95 bits per heavy atom. The lowest BCUT2D eigenvalue weighted by Crippen LogP contribution is -2.08. The fraction of sp³-hybridized carbons (Fsp3) is 0.133. The first-order chi connectivity index (χ1) is 9.63. The van der Waals surface area contributed by atoms with Crippen molar-refractivity contribution < 1.29 is 14.2 Å². The van der Waals surface area contributed by atoms with Crippen molar-refractivity contribution in [2.75, 3.05) is 12.4 Å². The Hall–Kier alpha value is -2.74. The van der Waals surface area contributed by atoms with Gasteiger partial charge in [-0.25, -0.2) is 4.39 Å². The molecule has 0 fully saturated rings. The number of phenols is 1. The average Bonchev–Trinajstić information content (AvgIpc) is 2.48. The molecule has 0 spiro atoms. The molecule has 1 unspecified atom stereocenters. The third-order valence-corrected chi connectivity index (χ3v) is 2.84. The number of anilines is 1. The van der Waals surface area contributed by atoms with Gasteiger partial charge in [0.15, 0.2) is 11.6 Å². The van der Waals surface area contributed by atoms with Gasteiger partial charge in [0.05, 0.1) is 13.2 Å². The molecule has 102 valence electrons. The van der Waals surface area contributed by atoms with E-state index in [0.717, 1.165) is 6.07 Å². The Balaban J connectivity index is 2.19. The molecule has 0 heterocycles. The second-order valence-electron chi connectivity index (χ2n) is 4.15. The lowest BCUT2D eigenvalue weighted by Gasteiger charge is -2.14. The van der Waals surface area contributed by atoms with Crippen LogP contribution in [0.3, 0.4) is 0 Å². The largest absolute Gasteiger partial charge is 0.505 e. The number of aromatic hydroxyl groups is 1. The van der Waals surface area contributed by atoms with Crippen LogP contribution in [0, 0.1) is 17.1 Å². The summed E-state index contributed by atoms with van der Waals surface area (Å²) < 4.78 is 18.4. The van der Waals surface area contributed by atoms with Gasteiger partial charge in [0.1, 0.15) is 11.8 Å². The minimum absolute atomic E-state index is 0.435. The number of halogens is 1. The van der Waals surface area contributed by atoms with Crippen molar-refractivity contribution in [2.45, 2.75) is 6.04 Å². The van der Waals surface area contributed by atoms with Gasteiger partial charge in [-0.3, -0.25) is 0 Å². The molecule has 0 aliphatic carbocycles. The summed E-state index contributed by atoms with van der Waals surface area (Å²) in [4.78, 5) is 0. The summed E-state index contributed by atoms with van der Waals surface area (Å²) in [5.41, 5.74) is 1.16. The second-order valence-corrected chi connectivity index (χ2v) is 4.15. The number of ether oxygens (including phenoxy) is 1. The average molecular weight is 272 g/mol. The molecule has 0 aliphatic rings. The number of benzene rings is 2. The smallest absolute Gasteiger partial charge is 0.165 e. The van der Waals surface area contributed by atoms with Gasteiger partial charge in [0.2, 0.25) is 0 Å². The van der Waals surface area contributed by atoms with E-state index >= 15 is 0 Å². The Kier molecular flexibility index (Phi) is 4.06. The highest BCUT2D eigenvalue weighted by atomic mass is 19.1. The van der Waals surface area contributed by atoms with E-state index < -0.39 is 17.6 Å². The van der Waals surface area contributed by atoms with Crippen molar-refractivity contribution in [3.8, 4) is 17.6 Å². The Morgan fingerprint density at radius 3 is 2.50 bits per heavy atom. The van der Waals surface area contributed by atoms with E-state index in [1.54, 1.807) is 31.4 Å². The first-order valence-corrected chi connectivity index (χ1v) is 5.92. The molecule has 2 rings (SSSR count). The highest BCUT2D eigenvalue weighted by molar-refractivity contribution is 5.50. The predicted octanol–water partition coefficient (Wildman–Crippen LogP) is 3.22. The Morgan fingerprint density at radius 1 is 1.25 bits per heavy atom. The summed E-state index contributed by atoms with van der Waals surface area (Å²) in [6.45, 7) is 0. The highest BCUT2D eigenvalue weighted by Gasteiger charge is 2.12. The molecule has 0 saturated heterocycles. The van der Waals surface area contributed by atoms with Crippen LogP contribution in [0.15, 0.2) is 42.5 Å². The minimum atomic E-state index is -0.751. The zero-order chi connectivity index (χ0) is 14.5. The molecule has 2 aromatic rings. The maximum atomic E-state index is 13.3. The fourth-order valence-electron chi connectivity index (χ4n) is 1.75. The standard InChI is InChI=1S/C15H13FN2O2/c1-20-12-5-3-11(4-6-12)18-14(9-17)10-2-7-15(19)13(16)8-10/h2-8,14,18-19H,1H3. The number of hydrogen-bond donors (Lipinski definition) is 2. The zero-order valence-electron chi connectivity index (χ0n) is 10.8. The Bertz CT molecular complexity index is 635.